The Morgan fingerprint density at radius 3 is 2.70 bits per heavy atom. The highest BCUT2D eigenvalue weighted by molar-refractivity contribution is 5.84. The van der Waals surface area contributed by atoms with Crippen molar-refractivity contribution in [3.63, 3.8) is 0 Å². The molecule has 2 N–H and O–H groups in total. The van der Waals surface area contributed by atoms with E-state index in [1.54, 1.807) is 12.3 Å². The van der Waals surface area contributed by atoms with Crippen LogP contribution in [0.1, 0.15) is 11.1 Å². The van der Waals surface area contributed by atoms with Gasteiger partial charge in [0.1, 0.15) is 5.75 Å². The Labute approximate surface area is 136 Å². The number of rotatable bonds is 5. The molecule has 1 aliphatic rings. The molecule has 0 atom stereocenters. The van der Waals surface area contributed by atoms with Crippen LogP contribution in [0.25, 0.3) is 0 Å². The Balaban J connectivity index is 1.65. The van der Waals surface area contributed by atoms with Gasteiger partial charge < -0.3 is 9.84 Å². The summed E-state index contributed by atoms with van der Waals surface area (Å²) >= 11 is 0. The van der Waals surface area contributed by atoms with E-state index in [0.717, 1.165) is 44.1 Å². The average Bonchev–Trinajstić information content (AvgIpc) is 2.59. The van der Waals surface area contributed by atoms with Gasteiger partial charge in [0.05, 0.1) is 25.1 Å². The summed E-state index contributed by atoms with van der Waals surface area (Å²) < 4.78 is 5.36. The molecule has 23 heavy (non-hydrogen) atoms. The van der Waals surface area contributed by atoms with Crippen LogP contribution in [0.3, 0.4) is 0 Å². The summed E-state index contributed by atoms with van der Waals surface area (Å²) in [7, 11) is 0. The number of nitrogens with zero attached hydrogens (tertiary/aromatic N) is 2. The summed E-state index contributed by atoms with van der Waals surface area (Å²) in [5.41, 5.74) is 5.73. The molecule has 120 valence electrons. The van der Waals surface area contributed by atoms with Crippen LogP contribution in [0.15, 0.2) is 53.6 Å². The van der Waals surface area contributed by atoms with Crippen molar-refractivity contribution in [1.82, 2.24) is 4.90 Å². The van der Waals surface area contributed by atoms with Crippen LogP contribution in [-0.4, -0.2) is 42.5 Å². The van der Waals surface area contributed by atoms with Gasteiger partial charge in [0.15, 0.2) is 0 Å². The van der Waals surface area contributed by atoms with Crippen LogP contribution in [0.2, 0.25) is 0 Å². The maximum Gasteiger partial charge on any atom is 0.124 e. The average molecular weight is 311 g/mol. The summed E-state index contributed by atoms with van der Waals surface area (Å²) in [5.74, 6) is 0.231. The van der Waals surface area contributed by atoms with Crippen molar-refractivity contribution in [3.8, 4) is 5.75 Å². The minimum absolute atomic E-state index is 0.231. The van der Waals surface area contributed by atoms with Gasteiger partial charge in [-0.3, -0.25) is 10.3 Å². The van der Waals surface area contributed by atoms with E-state index in [1.165, 1.54) is 0 Å². The van der Waals surface area contributed by atoms with E-state index in [0.29, 0.717) is 5.56 Å². The number of hydrogen-bond acceptors (Lipinski definition) is 5. The predicted molar refractivity (Wildman–Crippen MR) is 91.9 cm³/mol. The third-order valence-corrected chi connectivity index (χ3v) is 3.77. The molecule has 0 aromatic heterocycles. The highest BCUT2D eigenvalue weighted by atomic mass is 16.5. The van der Waals surface area contributed by atoms with Crippen LogP contribution in [-0.2, 0) is 11.3 Å². The van der Waals surface area contributed by atoms with Gasteiger partial charge in [-0.1, -0.05) is 24.3 Å². The number of morpholine rings is 1. The summed E-state index contributed by atoms with van der Waals surface area (Å²) in [4.78, 5) is 2.35. The minimum Gasteiger partial charge on any atom is -0.507 e. The van der Waals surface area contributed by atoms with Crippen molar-refractivity contribution >= 4 is 11.9 Å². The van der Waals surface area contributed by atoms with Gasteiger partial charge in [-0.05, 0) is 29.8 Å². The standard InChI is InChI=1S/C18H21N3O2/c22-18-7-6-15(14-21-8-10-23-11-9-21)12-16(18)13-19-20-17-4-2-1-3-5-17/h1-7,12-13,20,22H,8-11,14H2. The molecule has 0 spiro atoms. The quantitative estimate of drug-likeness (QED) is 0.658. The molecule has 1 aliphatic heterocycles. The summed E-state index contributed by atoms with van der Waals surface area (Å²) in [6.45, 7) is 4.32. The Bertz CT molecular complexity index is 653. The normalized spacial score (nSPS) is 15.8. The first-order chi connectivity index (χ1) is 11.3. The van der Waals surface area contributed by atoms with Crippen LogP contribution >= 0.6 is 0 Å². The largest absolute Gasteiger partial charge is 0.507 e. The SMILES string of the molecule is Oc1ccc(CN2CCOCC2)cc1C=NNc1ccccc1. The molecular weight excluding hydrogens is 290 g/mol. The van der Waals surface area contributed by atoms with E-state index in [4.69, 9.17) is 4.74 Å². The Hall–Kier alpha value is -2.37. The fourth-order valence-electron chi connectivity index (χ4n) is 2.51. The number of ether oxygens (including phenoxy) is 1. The summed E-state index contributed by atoms with van der Waals surface area (Å²) in [5, 5.41) is 14.2. The Morgan fingerprint density at radius 2 is 1.91 bits per heavy atom. The monoisotopic (exact) mass is 311 g/mol. The highest BCUT2D eigenvalue weighted by Gasteiger charge is 2.11. The van der Waals surface area contributed by atoms with Crippen LogP contribution < -0.4 is 5.43 Å². The van der Waals surface area contributed by atoms with Gasteiger partial charge in [-0.25, -0.2) is 0 Å². The van der Waals surface area contributed by atoms with Gasteiger partial charge in [0.25, 0.3) is 0 Å². The number of benzene rings is 2. The number of phenolic OH excluding ortho intramolecular Hbond substituents is 1. The maximum absolute atomic E-state index is 9.99. The van der Waals surface area contributed by atoms with E-state index in [2.05, 4.69) is 15.4 Å². The smallest absolute Gasteiger partial charge is 0.124 e. The number of anilines is 1. The van der Waals surface area contributed by atoms with E-state index in [1.807, 2.05) is 42.5 Å². The van der Waals surface area contributed by atoms with Crippen molar-refractivity contribution < 1.29 is 9.84 Å². The molecule has 1 fully saturated rings. The lowest BCUT2D eigenvalue weighted by atomic mass is 10.1. The molecule has 1 saturated heterocycles. The molecule has 0 radical (unpaired) electrons. The third-order valence-electron chi connectivity index (χ3n) is 3.77. The topological polar surface area (TPSA) is 57.1 Å². The van der Waals surface area contributed by atoms with Gasteiger partial charge >= 0.3 is 0 Å². The fourth-order valence-corrected chi connectivity index (χ4v) is 2.51. The molecule has 0 aliphatic carbocycles. The molecule has 3 rings (SSSR count). The van der Waals surface area contributed by atoms with Crippen molar-refractivity contribution in [2.75, 3.05) is 31.7 Å². The number of phenols is 1. The fraction of sp³-hybridized carbons (Fsp3) is 0.278. The highest BCUT2D eigenvalue weighted by Crippen LogP contribution is 2.18. The molecule has 5 nitrogen and oxygen atoms in total. The lowest BCUT2D eigenvalue weighted by Crippen LogP contribution is -2.35. The summed E-state index contributed by atoms with van der Waals surface area (Å²) in [6.07, 6.45) is 1.64. The number of hydrogen-bond donors (Lipinski definition) is 2. The first-order valence-electron chi connectivity index (χ1n) is 7.77. The van der Waals surface area contributed by atoms with E-state index in [9.17, 15) is 5.11 Å². The first kappa shape index (κ1) is 15.5. The second kappa shape index (κ2) is 7.76. The zero-order valence-corrected chi connectivity index (χ0v) is 13.0. The number of hydrazone groups is 1. The maximum atomic E-state index is 9.99. The molecule has 2 aromatic rings. The minimum atomic E-state index is 0.231. The number of aromatic hydroxyl groups is 1. The number of nitrogens with one attached hydrogen (secondary N) is 1. The van der Waals surface area contributed by atoms with Crippen LogP contribution in [0, 0.1) is 0 Å². The van der Waals surface area contributed by atoms with Crippen molar-refractivity contribution in [2.45, 2.75) is 6.54 Å². The molecule has 0 saturated carbocycles. The van der Waals surface area contributed by atoms with Crippen molar-refractivity contribution in [1.29, 1.82) is 0 Å². The van der Waals surface area contributed by atoms with Gasteiger partial charge in [0, 0.05) is 25.2 Å². The Morgan fingerprint density at radius 1 is 1.13 bits per heavy atom. The number of para-hydroxylation sites is 1. The van der Waals surface area contributed by atoms with Gasteiger partial charge in [-0.2, -0.15) is 5.10 Å². The predicted octanol–water partition coefficient (Wildman–Crippen LogP) is 2.67. The van der Waals surface area contributed by atoms with E-state index >= 15 is 0 Å². The lowest BCUT2D eigenvalue weighted by molar-refractivity contribution is 0.0342. The zero-order chi connectivity index (χ0) is 15.9. The van der Waals surface area contributed by atoms with E-state index in [-0.39, 0.29) is 5.75 Å². The van der Waals surface area contributed by atoms with Crippen molar-refractivity contribution in [3.05, 3.63) is 59.7 Å². The second-order valence-electron chi connectivity index (χ2n) is 5.52. The van der Waals surface area contributed by atoms with Gasteiger partial charge in [0.2, 0.25) is 0 Å². The molecule has 5 heteroatoms. The first-order valence-corrected chi connectivity index (χ1v) is 7.77. The lowest BCUT2D eigenvalue weighted by Gasteiger charge is -2.26. The van der Waals surface area contributed by atoms with Crippen LogP contribution in [0.4, 0.5) is 5.69 Å². The Kier molecular flexibility index (Phi) is 5.24. The molecule has 1 heterocycles. The second-order valence-corrected chi connectivity index (χ2v) is 5.52. The van der Waals surface area contributed by atoms with Gasteiger partial charge in [-0.15, -0.1) is 0 Å². The molecule has 0 bridgehead atoms. The zero-order valence-electron chi connectivity index (χ0n) is 13.0. The molecule has 2 aromatic carbocycles. The molecule has 0 unspecified atom stereocenters. The molecule has 0 amide bonds. The summed E-state index contributed by atoms with van der Waals surface area (Å²) in [6, 6.07) is 15.4. The molecular formula is C18H21N3O2. The van der Waals surface area contributed by atoms with Crippen molar-refractivity contribution in [2.24, 2.45) is 5.10 Å². The third kappa shape index (κ3) is 4.55. The van der Waals surface area contributed by atoms with Crippen LogP contribution in [0.5, 0.6) is 5.75 Å². The van der Waals surface area contributed by atoms with E-state index < -0.39 is 0 Å².